The molecule has 0 aliphatic carbocycles. The number of aldehydes is 1. The van der Waals surface area contributed by atoms with Crippen molar-refractivity contribution in [2.45, 2.75) is 6.92 Å². The lowest BCUT2D eigenvalue weighted by molar-refractivity contribution is 0.112. The second kappa shape index (κ2) is 10.1. The van der Waals surface area contributed by atoms with Crippen LogP contribution in [0.5, 0.6) is 0 Å². The van der Waals surface area contributed by atoms with Crippen LogP contribution in [0, 0.1) is 0 Å². The zero-order valence-electron chi connectivity index (χ0n) is 12.4. The fourth-order valence-electron chi connectivity index (χ4n) is 1.25. The number of benzene rings is 1. The van der Waals surface area contributed by atoms with Crippen molar-refractivity contribution < 1.29 is 4.79 Å². The first-order valence-electron chi connectivity index (χ1n) is 6.13. The van der Waals surface area contributed by atoms with Gasteiger partial charge in [-0.1, -0.05) is 30.3 Å². The van der Waals surface area contributed by atoms with Gasteiger partial charge in [-0.25, -0.2) is 0 Å². The van der Waals surface area contributed by atoms with Crippen LogP contribution in [0.2, 0.25) is 5.02 Å². The van der Waals surface area contributed by atoms with Gasteiger partial charge in [0, 0.05) is 17.3 Å². The maximum absolute atomic E-state index is 10.6. The molecule has 4 heteroatoms. The first kappa shape index (κ1) is 18.3. The SMILES string of the molecule is C=C/C=C(\N=CC)c1ccc(C=O)c(Cl)c1.CN(C)C. The Morgan fingerprint density at radius 1 is 1.35 bits per heavy atom. The Kier molecular flexibility index (Phi) is 9.26. The van der Waals surface area contributed by atoms with E-state index in [1.165, 1.54) is 0 Å². The molecule has 0 unspecified atom stereocenters. The first-order valence-corrected chi connectivity index (χ1v) is 6.51. The smallest absolute Gasteiger partial charge is 0.151 e. The molecule has 0 heterocycles. The van der Waals surface area contributed by atoms with Crippen molar-refractivity contribution in [3.63, 3.8) is 0 Å². The van der Waals surface area contributed by atoms with E-state index in [-0.39, 0.29) is 0 Å². The van der Waals surface area contributed by atoms with Crippen LogP contribution in [-0.4, -0.2) is 38.5 Å². The van der Waals surface area contributed by atoms with Gasteiger partial charge in [-0.2, -0.15) is 0 Å². The minimum Gasteiger partial charge on any atom is -0.312 e. The molecule has 0 aliphatic rings. The van der Waals surface area contributed by atoms with Crippen molar-refractivity contribution in [1.82, 2.24) is 4.90 Å². The number of rotatable bonds is 4. The molecule has 0 fully saturated rings. The van der Waals surface area contributed by atoms with Crippen LogP contribution in [0.25, 0.3) is 5.70 Å². The molecule has 0 aromatic heterocycles. The third-order valence-electron chi connectivity index (χ3n) is 1.97. The highest BCUT2D eigenvalue weighted by Crippen LogP contribution is 2.22. The summed E-state index contributed by atoms with van der Waals surface area (Å²) in [5.74, 6) is 0. The van der Waals surface area contributed by atoms with Gasteiger partial charge in [0.1, 0.15) is 0 Å². The number of nitrogens with zero attached hydrogens (tertiary/aromatic N) is 2. The second-order valence-electron chi connectivity index (χ2n) is 4.37. The van der Waals surface area contributed by atoms with Crippen LogP contribution >= 0.6 is 11.6 Å². The standard InChI is InChI=1S/C13H12ClNO.C3H9N/c1-3-5-13(15-4-2)10-6-7-11(9-16)12(14)8-10;1-4(2)3/h3-9H,1H2,2H3;1-3H3/b13-5-,15-4?;. The van der Waals surface area contributed by atoms with E-state index < -0.39 is 0 Å². The lowest BCUT2D eigenvalue weighted by Crippen LogP contribution is -1.99. The molecular weight excluding hydrogens is 272 g/mol. The van der Waals surface area contributed by atoms with Gasteiger partial charge in [-0.05, 0) is 46.3 Å². The van der Waals surface area contributed by atoms with Crippen LogP contribution in [-0.2, 0) is 0 Å². The number of halogens is 1. The predicted octanol–water partition coefficient (Wildman–Crippen LogP) is 3.95. The molecule has 1 rings (SSSR count). The van der Waals surface area contributed by atoms with E-state index >= 15 is 0 Å². The molecule has 1 aromatic rings. The largest absolute Gasteiger partial charge is 0.312 e. The number of hydrogen-bond donors (Lipinski definition) is 0. The van der Waals surface area contributed by atoms with Crippen molar-refractivity contribution in [2.75, 3.05) is 21.1 Å². The van der Waals surface area contributed by atoms with E-state index in [2.05, 4.69) is 11.6 Å². The molecule has 0 radical (unpaired) electrons. The van der Waals surface area contributed by atoms with Crippen LogP contribution in [0.15, 0.2) is 41.9 Å². The number of carbonyl (C=O) groups is 1. The molecule has 3 nitrogen and oxygen atoms in total. The number of allylic oxidation sites excluding steroid dienone is 2. The molecule has 0 spiro atoms. The number of carbonyl (C=O) groups excluding carboxylic acids is 1. The van der Waals surface area contributed by atoms with Gasteiger partial charge < -0.3 is 4.90 Å². The fraction of sp³-hybridized carbons (Fsp3) is 0.250. The molecule has 108 valence electrons. The third-order valence-corrected chi connectivity index (χ3v) is 2.29. The summed E-state index contributed by atoms with van der Waals surface area (Å²) >= 11 is 5.94. The predicted molar refractivity (Wildman–Crippen MR) is 88.8 cm³/mol. The summed E-state index contributed by atoms with van der Waals surface area (Å²) < 4.78 is 0. The summed E-state index contributed by atoms with van der Waals surface area (Å²) in [6, 6.07) is 5.19. The molecule has 0 atom stereocenters. The Labute approximate surface area is 126 Å². The Morgan fingerprint density at radius 3 is 2.35 bits per heavy atom. The van der Waals surface area contributed by atoms with E-state index in [4.69, 9.17) is 11.6 Å². The second-order valence-corrected chi connectivity index (χ2v) is 4.78. The molecule has 1 aromatic carbocycles. The Hall–Kier alpha value is -1.71. The van der Waals surface area contributed by atoms with Crippen molar-refractivity contribution >= 4 is 29.8 Å². The highest BCUT2D eigenvalue weighted by Gasteiger charge is 2.03. The van der Waals surface area contributed by atoms with Crippen molar-refractivity contribution in [2.24, 2.45) is 4.99 Å². The summed E-state index contributed by atoms with van der Waals surface area (Å²) in [7, 11) is 6.00. The van der Waals surface area contributed by atoms with Gasteiger partial charge in [-0.3, -0.25) is 9.79 Å². The molecular formula is C16H21ClN2O. The average Bonchev–Trinajstić information content (AvgIpc) is 2.37. The highest BCUT2D eigenvalue weighted by molar-refractivity contribution is 6.33. The van der Waals surface area contributed by atoms with Gasteiger partial charge in [0.25, 0.3) is 0 Å². The maximum atomic E-state index is 10.6. The van der Waals surface area contributed by atoms with Crippen LogP contribution in [0.1, 0.15) is 22.8 Å². The zero-order chi connectivity index (χ0) is 15.5. The molecule has 0 bridgehead atoms. The molecule has 0 amide bonds. The lowest BCUT2D eigenvalue weighted by atomic mass is 10.1. The van der Waals surface area contributed by atoms with E-state index in [1.807, 2.05) is 33.0 Å². The van der Waals surface area contributed by atoms with E-state index in [9.17, 15) is 4.79 Å². The number of aliphatic imine (C=N–C) groups is 1. The quantitative estimate of drug-likeness (QED) is 0.478. The van der Waals surface area contributed by atoms with Crippen molar-refractivity contribution in [3.05, 3.63) is 53.1 Å². The Balaban J connectivity index is 0.000000796. The van der Waals surface area contributed by atoms with Gasteiger partial charge in [0.05, 0.1) is 10.7 Å². The normalized spacial score (nSPS) is 11.2. The minimum atomic E-state index is 0.425. The summed E-state index contributed by atoms with van der Waals surface area (Å²) in [6.45, 7) is 5.46. The monoisotopic (exact) mass is 292 g/mol. The van der Waals surface area contributed by atoms with Crippen molar-refractivity contribution in [1.29, 1.82) is 0 Å². The van der Waals surface area contributed by atoms with E-state index in [0.29, 0.717) is 10.6 Å². The minimum absolute atomic E-state index is 0.425. The molecule has 0 saturated carbocycles. The summed E-state index contributed by atoms with van der Waals surface area (Å²) in [4.78, 5) is 16.8. The lowest BCUT2D eigenvalue weighted by Gasteiger charge is -2.03. The summed E-state index contributed by atoms with van der Waals surface area (Å²) in [5.41, 5.74) is 2.09. The molecule has 0 aliphatic heterocycles. The molecule has 20 heavy (non-hydrogen) atoms. The third kappa shape index (κ3) is 7.02. The Morgan fingerprint density at radius 2 is 1.95 bits per heavy atom. The van der Waals surface area contributed by atoms with Crippen molar-refractivity contribution in [3.8, 4) is 0 Å². The van der Waals surface area contributed by atoms with Crippen LogP contribution in [0.4, 0.5) is 0 Å². The van der Waals surface area contributed by atoms with Gasteiger partial charge in [0.15, 0.2) is 6.29 Å². The van der Waals surface area contributed by atoms with E-state index in [1.54, 1.807) is 36.6 Å². The average molecular weight is 293 g/mol. The van der Waals surface area contributed by atoms with Crippen LogP contribution < -0.4 is 0 Å². The Bertz CT molecular complexity index is 502. The fourth-order valence-corrected chi connectivity index (χ4v) is 1.47. The van der Waals surface area contributed by atoms with Crippen LogP contribution in [0.3, 0.4) is 0 Å². The zero-order valence-corrected chi connectivity index (χ0v) is 13.2. The first-order chi connectivity index (χ1) is 9.46. The van der Waals surface area contributed by atoms with Gasteiger partial charge in [-0.15, -0.1) is 0 Å². The van der Waals surface area contributed by atoms with Gasteiger partial charge in [0.2, 0.25) is 0 Å². The summed E-state index contributed by atoms with van der Waals surface area (Å²) in [6.07, 6.45) is 5.86. The van der Waals surface area contributed by atoms with E-state index in [0.717, 1.165) is 17.5 Å². The molecule has 0 saturated heterocycles. The summed E-state index contributed by atoms with van der Waals surface area (Å²) in [5, 5.41) is 0.425. The number of hydrogen-bond acceptors (Lipinski definition) is 3. The topological polar surface area (TPSA) is 32.7 Å². The highest BCUT2D eigenvalue weighted by atomic mass is 35.5. The maximum Gasteiger partial charge on any atom is 0.151 e. The van der Waals surface area contributed by atoms with Gasteiger partial charge >= 0.3 is 0 Å². The molecule has 0 N–H and O–H groups in total.